The molecule has 0 aliphatic rings. The second-order valence-corrected chi connectivity index (χ2v) is 19.7. The summed E-state index contributed by atoms with van der Waals surface area (Å²) in [6, 6.07) is 0. The molecule has 0 aromatic heterocycles. The number of allylic oxidation sites excluding steroid dienone is 6. The number of hydrogen-bond acceptors (Lipinski definition) is 18. The Hall–Kier alpha value is -3.71. The van der Waals surface area contributed by atoms with E-state index in [-0.39, 0.29) is 106 Å². The van der Waals surface area contributed by atoms with Crippen molar-refractivity contribution in [2.24, 2.45) is 0 Å². The molecule has 0 atom stereocenters. The second-order valence-electron chi connectivity index (χ2n) is 19.7. The molecular formula is C48H78Fe2Li2O18. The molecule has 0 aromatic carbocycles. The largest absolute Gasteiger partial charge is 2.00 e. The standard InChI is InChI=1S/6C8H14O3.2Fe.2Li/c6*1-6(9)5-7(10)11-8(2,3)4;;;;/h6*5,9H,1-4H3;;;;/q;;;;;;2*+2;2*+1/p-6/b6*6-5-;;;;. The van der Waals surface area contributed by atoms with Gasteiger partial charge in [-0.25, -0.2) is 28.8 Å². The topological polar surface area (TPSA) is 296 Å². The maximum atomic E-state index is 10.8. The van der Waals surface area contributed by atoms with E-state index in [2.05, 4.69) is 0 Å². The second kappa shape index (κ2) is 41.9. The quantitative estimate of drug-likeness (QED) is 0.0877. The summed E-state index contributed by atoms with van der Waals surface area (Å²) in [6.07, 6.45) is 5.61. The van der Waals surface area contributed by atoms with Crippen LogP contribution in [-0.2, 0) is 91.3 Å². The van der Waals surface area contributed by atoms with Crippen LogP contribution < -0.4 is 68.4 Å². The van der Waals surface area contributed by atoms with Gasteiger partial charge in [0, 0.05) is 36.5 Å². The van der Waals surface area contributed by atoms with E-state index in [4.69, 9.17) is 28.4 Å². The van der Waals surface area contributed by atoms with Crippen molar-refractivity contribution in [3.8, 4) is 0 Å². The monoisotopic (exact) mass is 1070 g/mol. The summed E-state index contributed by atoms with van der Waals surface area (Å²) in [7, 11) is 0. The van der Waals surface area contributed by atoms with Crippen LogP contribution in [0, 0.1) is 0 Å². The SMILES string of the molecule is C/C([O-])=C/C(=O)OC(C)(C)C.C/C([O-])=C/C(=O)OC(C)(C)C.C/C([O-])=C/C(=O)OC(C)(C)C.C/C([O-])=C/C(=O)OC(C)(C)C.C/C([O-])=C/C(=O)OC(C)(C)C.C/C([O-])=C/C(=O)OC(C)(C)C.[Fe+2].[Fe+2].[Li+].[Li+]. The van der Waals surface area contributed by atoms with Crippen LogP contribution in [0.4, 0.5) is 0 Å². The van der Waals surface area contributed by atoms with E-state index in [1.807, 2.05) is 0 Å². The number of hydrogen-bond donors (Lipinski definition) is 0. The number of carbonyl (C=O) groups is 6. The third-order valence-corrected chi connectivity index (χ3v) is 4.37. The van der Waals surface area contributed by atoms with Gasteiger partial charge < -0.3 is 59.1 Å². The third kappa shape index (κ3) is 102. The number of ether oxygens (including phenoxy) is 6. The average molecular weight is 1070 g/mol. The summed E-state index contributed by atoms with van der Waals surface area (Å²) in [5, 5.41) is 62.3. The van der Waals surface area contributed by atoms with Crippen molar-refractivity contribution < 1.29 is 160 Å². The molecule has 0 fully saturated rings. The van der Waals surface area contributed by atoms with Gasteiger partial charge in [0.05, 0.1) is 0 Å². The van der Waals surface area contributed by atoms with Gasteiger partial charge in [-0.1, -0.05) is 41.5 Å². The molecule has 22 heteroatoms. The Balaban J connectivity index is -0.0000000763. The zero-order chi connectivity index (χ0) is 54.4. The molecule has 0 bridgehead atoms. The van der Waals surface area contributed by atoms with E-state index < -0.39 is 69.4 Å². The smallest absolute Gasteiger partial charge is 0.875 e. The van der Waals surface area contributed by atoms with E-state index in [0.29, 0.717) is 0 Å². The van der Waals surface area contributed by atoms with Gasteiger partial charge in [0.2, 0.25) is 0 Å². The van der Waals surface area contributed by atoms with E-state index in [9.17, 15) is 59.4 Å². The Morgan fingerprint density at radius 2 is 0.329 bits per heavy atom. The molecule has 396 valence electrons. The van der Waals surface area contributed by atoms with Gasteiger partial charge in [-0.3, -0.25) is 0 Å². The van der Waals surface area contributed by atoms with Crippen LogP contribution in [0.15, 0.2) is 71.0 Å². The Labute approximate surface area is 463 Å². The van der Waals surface area contributed by atoms with Gasteiger partial charge in [0.1, 0.15) is 33.6 Å². The van der Waals surface area contributed by atoms with Crippen molar-refractivity contribution in [2.45, 2.75) is 200 Å². The van der Waals surface area contributed by atoms with Crippen LogP contribution in [0.2, 0.25) is 0 Å². The molecule has 0 aromatic rings. The van der Waals surface area contributed by atoms with E-state index in [0.717, 1.165) is 36.5 Å². The predicted molar refractivity (Wildman–Crippen MR) is 238 cm³/mol. The van der Waals surface area contributed by atoms with Crippen molar-refractivity contribution in [1.82, 2.24) is 0 Å². The average Bonchev–Trinajstić information content (AvgIpc) is 2.90. The van der Waals surface area contributed by atoms with E-state index >= 15 is 0 Å². The van der Waals surface area contributed by atoms with Gasteiger partial charge in [-0.05, 0) is 125 Å². The van der Waals surface area contributed by atoms with E-state index in [1.165, 1.54) is 41.5 Å². The molecular weight excluding hydrogens is 990 g/mol. The third-order valence-electron chi connectivity index (χ3n) is 4.37. The molecule has 0 heterocycles. The first kappa shape index (κ1) is 89.2. The van der Waals surface area contributed by atoms with Crippen LogP contribution in [-0.4, -0.2) is 69.4 Å². The Morgan fingerprint density at radius 3 is 0.371 bits per heavy atom. The van der Waals surface area contributed by atoms with Gasteiger partial charge in [-0.15, -0.1) is 34.6 Å². The van der Waals surface area contributed by atoms with Crippen molar-refractivity contribution in [1.29, 1.82) is 0 Å². The van der Waals surface area contributed by atoms with Crippen LogP contribution >= 0.6 is 0 Å². The maximum Gasteiger partial charge on any atom is 2.00 e. The molecule has 0 aliphatic heterocycles. The Bertz CT molecular complexity index is 1370. The summed E-state index contributed by atoms with van der Waals surface area (Å²) in [6.45, 7) is 39.3. The fourth-order valence-corrected chi connectivity index (χ4v) is 2.98. The molecule has 0 spiro atoms. The zero-order valence-corrected chi connectivity index (χ0v) is 48.7. The molecule has 18 nitrogen and oxygen atoms in total. The van der Waals surface area contributed by atoms with Gasteiger partial charge in [-0.2, -0.15) is 0 Å². The summed E-state index contributed by atoms with van der Waals surface area (Å²) in [4.78, 5) is 64.6. The van der Waals surface area contributed by atoms with Crippen molar-refractivity contribution in [2.75, 3.05) is 0 Å². The molecule has 0 N–H and O–H groups in total. The summed E-state index contributed by atoms with van der Waals surface area (Å²) >= 11 is 0. The van der Waals surface area contributed by atoms with Crippen molar-refractivity contribution in [3.05, 3.63) is 71.0 Å². The predicted octanol–water partition coefficient (Wildman–Crippen LogP) is -2.44. The number of rotatable bonds is 6. The molecule has 0 saturated heterocycles. The van der Waals surface area contributed by atoms with Crippen LogP contribution in [0.3, 0.4) is 0 Å². The molecule has 0 radical (unpaired) electrons. The first-order valence-corrected chi connectivity index (χ1v) is 20.4. The van der Waals surface area contributed by atoms with Crippen LogP contribution in [0.1, 0.15) is 166 Å². The Morgan fingerprint density at radius 1 is 0.257 bits per heavy atom. The minimum absolute atomic E-state index is 0. The minimum Gasteiger partial charge on any atom is -0.875 e. The number of esters is 6. The van der Waals surface area contributed by atoms with Crippen LogP contribution in [0.5, 0.6) is 0 Å². The summed E-state index contributed by atoms with van der Waals surface area (Å²) in [5.74, 6) is -5.23. The summed E-state index contributed by atoms with van der Waals surface area (Å²) in [5.41, 5.74) is -3.15. The molecule has 0 unspecified atom stereocenters. The van der Waals surface area contributed by atoms with Gasteiger partial charge in [0.15, 0.2) is 0 Å². The normalized spacial score (nSPS) is 12.2. The fourth-order valence-electron chi connectivity index (χ4n) is 2.98. The molecule has 0 aliphatic carbocycles. The first-order valence-electron chi connectivity index (χ1n) is 20.4. The van der Waals surface area contributed by atoms with E-state index in [1.54, 1.807) is 125 Å². The molecule has 0 rings (SSSR count). The molecule has 0 saturated carbocycles. The molecule has 0 amide bonds. The maximum absolute atomic E-state index is 10.8. The first-order chi connectivity index (χ1) is 28.9. The van der Waals surface area contributed by atoms with Crippen LogP contribution in [0.25, 0.3) is 0 Å². The van der Waals surface area contributed by atoms with Gasteiger partial charge in [0.25, 0.3) is 0 Å². The summed E-state index contributed by atoms with van der Waals surface area (Å²) < 4.78 is 29.0. The van der Waals surface area contributed by atoms with Crippen molar-refractivity contribution in [3.63, 3.8) is 0 Å². The number of carbonyl (C=O) groups excluding carboxylic acids is 6. The van der Waals surface area contributed by atoms with Crippen molar-refractivity contribution >= 4 is 35.8 Å². The van der Waals surface area contributed by atoms with Gasteiger partial charge >= 0.3 is 108 Å². The zero-order valence-electron chi connectivity index (χ0n) is 46.5. The Kier molecular flexibility index (Phi) is 53.3. The fraction of sp³-hybridized carbons (Fsp3) is 0.625. The molecule has 70 heavy (non-hydrogen) atoms. The minimum atomic E-state index is -0.579.